The standard InChI is InChI=1S/C28H27BClN5O4S/c1-38-20-10-11-25(39-2)26(13-20)40(36,37)33-16-19-7-5-6-18(12-19)15-31-27-14-24(21-8-3-4-9-23(21)30)34-28-22(29)17-32-35(27)28/h3-14,17,31,33H,15-16,29H2,1-2H3. The number of anilines is 1. The summed E-state index contributed by atoms with van der Waals surface area (Å²) in [5.41, 5.74) is 5.01. The molecule has 0 unspecified atom stereocenters. The molecule has 0 aliphatic heterocycles. The quantitative estimate of drug-likeness (QED) is 0.246. The van der Waals surface area contributed by atoms with Gasteiger partial charge in [-0.2, -0.15) is 9.61 Å². The van der Waals surface area contributed by atoms with Crippen LogP contribution in [0.4, 0.5) is 5.82 Å². The van der Waals surface area contributed by atoms with E-state index in [4.69, 9.17) is 26.1 Å². The molecule has 0 bridgehead atoms. The van der Waals surface area contributed by atoms with Crippen LogP contribution in [0, 0.1) is 0 Å². The number of fused-ring (bicyclic) bond motifs is 1. The van der Waals surface area contributed by atoms with Crippen molar-refractivity contribution in [2.45, 2.75) is 18.0 Å². The Bertz CT molecular complexity index is 1800. The molecule has 0 spiro atoms. The van der Waals surface area contributed by atoms with Crippen LogP contribution in [-0.2, 0) is 23.1 Å². The van der Waals surface area contributed by atoms with Crippen molar-refractivity contribution in [1.29, 1.82) is 0 Å². The number of hydrogen-bond donors (Lipinski definition) is 2. The van der Waals surface area contributed by atoms with Gasteiger partial charge in [-0.3, -0.25) is 0 Å². The molecule has 0 atom stereocenters. The molecule has 5 aromatic rings. The predicted molar refractivity (Wildman–Crippen MR) is 159 cm³/mol. The topological polar surface area (TPSA) is 107 Å². The molecular weight excluding hydrogens is 549 g/mol. The van der Waals surface area contributed by atoms with E-state index in [0.29, 0.717) is 17.3 Å². The smallest absolute Gasteiger partial charge is 0.244 e. The van der Waals surface area contributed by atoms with Gasteiger partial charge in [0.15, 0.2) is 5.65 Å². The minimum Gasteiger partial charge on any atom is -0.497 e. The summed E-state index contributed by atoms with van der Waals surface area (Å²) >= 11 is 6.45. The van der Waals surface area contributed by atoms with Gasteiger partial charge in [-0.15, -0.1) is 0 Å². The molecule has 0 amide bonds. The highest BCUT2D eigenvalue weighted by Gasteiger charge is 2.20. The molecule has 0 aliphatic carbocycles. The van der Waals surface area contributed by atoms with Crippen molar-refractivity contribution < 1.29 is 17.9 Å². The molecule has 40 heavy (non-hydrogen) atoms. The first-order valence-electron chi connectivity index (χ1n) is 12.4. The van der Waals surface area contributed by atoms with Crippen LogP contribution in [0.3, 0.4) is 0 Å². The molecule has 5 rings (SSSR count). The molecule has 0 aliphatic rings. The van der Waals surface area contributed by atoms with Crippen molar-refractivity contribution in [3.8, 4) is 22.8 Å². The van der Waals surface area contributed by atoms with E-state index in [1.807, 2.05) is 62.4 Å². The summed E-state index contributed by atoms with van der Waals surface area (Å²) in [6, 6.07) is 21.8. The molecule has 12 heteroatoms. The minimum atomic E-state index is -3.86. The molecule has 0 saturated heterocycles. The van der Waals surface area contributed by atoms with Crippen LogP contribution in [0.1, 0.15) is 11.1 Å². The molecule has 9 nitrogen and oxygen atoms in total. The van der Waals surface area contributed by atoms with Crippen molar-refractivity contribution in [3.63, 3.8) is 0 Å². The zero-order valence-electron chi connectivity index (χ0n) is 22.2. The summed E-state index contributed by atoms with van der Waals surface area (Å²) < 4.78 is 41.0. The number of nitrogens with one attached hydrogen (secondary N) is 2. The van der Waals surface area contributed by atoms with Crippen LogP contribution in [0.5, 0.6) is 11.5 Å². The number of halogens is 1. The van der Waals surface area contributed by atoms with Crippen LogP contribution in [0.15, 0.2) is 83.9 Å². The van der Waals surface area contributed by atoms with Gasteiger partial charge in [0.2, 0.25) is 10.0 Å². The lowest BCUT2D eigenvalue weighted by Crippen LogP contribution is -2.24. The summed E-state index contributed by atoms with van der Waals surface area (Å²) in [5, 5.41) is 8.54. The number of hydrogen-bond acceptors (Lipinski definition) is 7. The fourth-order valence-electron chi connectivity index (χ4n) is 4.30. The lowest BCUT2D eigenvalue weighted by molar-refractivity contribution is 0.392. The third-order valence-corrected chi connectivity index (χ3v) is 8.14. The zero-order chi connectivity index (χ0) is 28.3. The Morgan fingerprint density at radius 3 is 2.48 bits per heavy atom. The van der Waals surface area contributed by atoms with Crippen molar-refractivity contribution in [3.05, 3.63) is 95.1 Å². The Balaban J connectivity index is 1.35. The summed E-state index contributed by atoms with van der Waals surface area (Å²) in [4.78, 5) is 4.80. The van der Waals surface area contributed by atoms with E-state index in [2.05, 4.69) is 15.1 Å². The van der Waals surface area contributed by atoms with Gasteiger partial charge in [0.1, 0.15) is 30.1 Å². The molecular formula is C28H27BClN5O4S. The third-order valence-electron chi connectivity index (χ3n) is 6.39. The van der Waals surface area contributed by atoms with E-state index in [-0.39, 0.29) is 17.2 Å². The maximum absolute atomic E-state index is 13.1. The molecule has 0 fully saturated rings. The molecule has 0 saturated carbocycles. The summed E-state index contributed by atoms with van der Waals surface area (Å²) in [6.07, 6.45) is 1.77. The molecule has 204 valence electrons. The average molecular weight is 576 g/mol. The lowest BCUT2D eigenvalue weighted by Gasteiger charge is -2.14. The number of aromatic nitrogens is 3. The fraction of sp³-hybridized carbons (Fsp3) is 0.143. The van der Waals surface area contributed by atoms with E-state index in [0.717, 1.165) is 39.3 Å². The highest BCUT2D eigenvalue weighted by Crippen LogP contribution is 2.29. The van der Waals surface area contributed by atoms with Crippen LogP contribution < -0.4 is 25.0 Å². The van der Waals surface area contributed by atoms with Gasteiger partial charge in [-0.1, -0.05) is 54.1 Å². The number of sulfonamides is 1. The van der Waals surface area contributed by atoms with Crippen LogP contribution in [-0.4, -0.2) is 45.1 Å². The molecule has 0 radical (unpaired) electrons. The molecule has 2 aromatic heterocycles. The van der Waals surface area contributed by atoms with Crippen LogP contribution in [0.2, 0.25) is 5.02 Å². The second-order valence-electron chi connectivity index (χ2n) is 9.08. The lowest BCUT2D eigenvalue weighted by atomic mass is 10.0. The van der Waals surface area contributed by atoms with Gasteiger partial charge in [-0.05, 0) is 34.8 Å². The van der Waals surface area contributed by atoms with Crippen molar-refractivity contribution in [1.82, 2.24) is 19.3 Å². The Morgan fingerprint density at radius 2 is 1.73 bits per heavy atom. The first-order valence-corrected chi connectivity index (χ1v) is 14.3. The maximum Gasteiger partial charge on any atom is 0.244 e. The van der Waals surface area contributed by atoms with Crippen LogP contribution >= 0.6 is 11.6 Å². The first kappa shape index (κ1) is 27.5. The summed E-state index contributed by atoms with van der Waals surface area (Å²) in [5.74, 6) is 1.41. The molecule has 3 aromatic carbocycles. The zero-order valence-corrected chi connectivity index (χ0v) is 23.8. The summed E-state index contributed by atoms with van der Waals surface area (Å²) in [7, 11) is 1.01. The number of methoxy groups -OCH3 is 2. The second kappa shape index (κ2) is 11.6. The van der Waals surface area contributed by atoms with E-state index in [9.17, 15) is 8.42 Å². The van der Waals surface area contributed by atoms with E-state index >= 15 is 0 Å². The van der Waals surface area contributed by atoms with Gasteiger partial charge in [-0.25, -0.2) is 18.1 Å². The Labute approximate surface area is 238 Å². The fourth-order valence-corrected chi connectivity index (χ4v) is 5.73. The van der Waals surface area contributed by atoms with Gasteiger partial charge >= 0.3 is 0 Å². The SMILES string of the molecule is Bc1cnn2c(NCc3cccc(CNS(=O)(=O)c4cc(OC)ccc4OC)c3)cc(-c3ccccc3Cl)nc12. The highest BCUT2D eigenvalue weighted by atomic mass is 35.5. The largest absolute Gasteiger partial charge is 0.497 e. The maximum atomic E-state index is 13.1. The highest BCUT2D eigenvalue weighted by molar-refractivity contribution is 7.89. The van der Waals surface area contributed by atoms with Crippen molar-refractivity contribution in [2.24, 2.45) is 0 Å². The number of nitrogens with zero attached hydrogens (tertiary/aromatic N) is 3. The van der Waals surface area contributed by atoms with Crippen molar-refractivity contribution >= 4 is 46.4 Å². The third kappa shape index (κ3) is 5.76. The number of rotatable bonds is 10. The monoisotopic (exact) mass is 575 g/mol. The van der Waals surface area contributed by atoms with E-state index in [1.165, 1.54) is 20.3 Å². The minimum absolute atomic E-state index is 0.0118. The molecule has 2 heterocycles. The summed E-state index contributed by atoms with van der Waals surface area (Å²) in [6.45, 7) is 0.579. The van der Waals surface area contributed by atoms with Crippen LogP contribution in [0.25, 0.3) is 16.9 Å². The number of ether oxygens (including phenoxy) is 2. The number of benzene rings is 3. The van der Waals surface area contributed by atoms with E-state index in [1.54, 1.807) is 22.8 Å². The van der Waals surface area contributed by atoms with Gasteiger partial charge in [0.25, 0.3) is 0 Å². The van der Waals surface area contributed by atoms with Gasteiger partial charge in [0.05, 0.1) is 19.9 Å². The normalized spacial score (nSPS) is 11.5. The molecule has 2 N–H and O–H groups in total. The Hall–Kier alpha value is -4.06. The van der Waals surface area contributed by atoms with Gasteiger partial charge in [0, 0.05) is 42.0 Å². The average Bonchev–Trinajstić information content (AvgIpc) is 3.35. The van der Waals surface area contributed by atoms with Gasteiger partial charge < -0.3 is 14.8 Å². The first-order chi connectivity index (χ1) is 19.3. The Morgan fingerprint density at radius 1 is 0.950 bits per heavy atom. The second-order valence-corrected chi connectivity index (χ2v) is 11.2. The van der Waals surface area contributed by atoms with Crippen molar-refractivity contribution in [2.75, 3.05) is 19.5 Å². The Kier molecular flexibility index (Phi) is 7.97. The predicted octanol–water partition coefficient (Wildman–Crippen LogP) is 3.42. The van der Waals surface area contributed by atoms with E-state index < -0.39 is 10.0 Å².